The Labute approximate surface area is 159 Å². The van der Waals surface area contributed by atoms with E-state index in [1.807, 2.05) is 38.1 Å². The van der Waals surface area contributed by atoms with Crippen molar-refractivity contribution >= 4 is 17.5 Å². The zero-order valence-corrected chi connectivity index (χ0v) is 16.2. The van der Waals surface area contributed by atoms with Crippen molar-refractivity contribution in [3.8, 4) is 11.4 Å². The van der Waals surface area contributed by atoms with Crippen molar-refractivity contribution in [3.63, 3.8) is 0 Å². The first-order valence-corrected chi connectivity index (χ1v) is 9.56. The average molecular weight is 369 g/mol. The van der Waals surface area contributed by atoms with Gasteiger partial charge in [0.15, 0.2) is 5.82 Å². The minimum Gasteiger partial charge on any atom is -0.344 e. The molecule has 0 saturated carbocycles. The Hall–Kier alpha value is -2.70. The molecule has 3 rings (SSSR count). The van der Waals surface area contributed by atoms with Crippen molar-refractivity contribution in [2.45, 2.75) is 59.0 Å². The van der Waals surface area contributed by atoms with Gasteiger partial charge in [-0.15, -0.1) is 10.2 Å². The van der Waals surface area contributed by atoms with Crippen LogP contribution in [0.1, 0.15) is 45.9 Å². The van der Waals surface area contributed by atoms with E-state index < -0.39 is 6.04 Å². The number of nitrogens with zero attached hydrogens (tertiary/aromatic N) is 3. The molecule has 7 heteroatoms. The van der Waals surface area contributed by atoms with E-state index in [0.717, 1.165) is 43.0 Å². The Kier molecular flexibility index (Phi) is 5.88. The highest BCUT2D eigenvalue weighted by atomic mass is 16.2. The van der Waals surface area contributed by atoms with Gasteiger partial charge < -0.3 is 15.2 Å². The Morgan fingerprint density at radius 2 is 1.96 bits per heavy atom. The lowest BCUT2D eigenvalue weighted by Gasteiger charge is -2.21. The highest BCUT2D eigenvalue weighted by Gasteiger charge is 2.23. The number of carbonyl (C=O) groups excluding carboxylic acids is 2. The largest absolute Gasteiger partial charge is 0.344 e. The van der Waals surface area contributed by atoms with E-state index in [1.165, 1.54) is 13.3 Å². The standard InChI is InChI=1S/C20H27N5O2/c1-13(2)18(21-14(3)26)20(27)22-16-9-7-8-15(12-16)19-24-23-17-10-5-4-6-11-25(17)19/h7-9,12-13,18H,4-6,10-11H2,1-3H3,(H,21,26)(H,22,27)/t18-/m0/s1. The number of hydrogen-bond acceptors (Lipinski definition) is 4. The molecule has 1 aromatic carbocycles. The fourth-order valence-electron chi connectivity index (χ4n) is 3.41. The summed E-state index contributed by atoms with van der Waals surface area (Å²) in [6, 6.07) is 7.05. The molecule has 0 aliphatic carbocycles. The topological polar surface area (TPSA) is 88.9 Å². The molecule has 0 unspecified atom stereocenters. The average Bonchev–Trinajstić information content (AvgIpc) is 2.88. The highest BCUT2D eigenvalue weighted by molar-refractivity contribution is 5.97. The molecule has 2 N–H and O–H groups in total. The molecule has 7 nitrogen and oxygen atoms in total. The van der Waals surface area contributed by atoms with Gasteiger partial charge in [0.25, 0.3) is 0 Å². The fourth-order valence-corrected chi connectivity index (χ4v) is 3.41. The third-order valence-electron chi connectivity index (χ3n) is 4.81. The highest BCUT2D eigenvalue weighted by Crippen LogP contribution is 2.25. The van der Waals surface area contributed by atoms with Gasteiger partial charge >= 0.3 is 0 Å². The minimum absolute atomic E-state index is 0.00986. The first-order chi connectivity index (χ1) is 13.0. The fraction of sp³-hybridized carbons (Fsp3) is 0.500. The predicted molar refractivity (Wildman–Crippen MR) is 104 cm³/mol. The van der Waals surface area contributed by atoms with Crippen LogP contribution in [0.25, 0.3) is 11.4 Å². The number of anilines is 1. The SMILES string of the molecule is CC(=O)N[C@H](C(=O)Nc1cccc(-c2nnc3n2CCCCC3)c1)C(C)C. The van der Waals surface area contributed by atoms with Crippen LogP contribution >= 0.6 is 0 Å². The quantitative estimate of drug-likeness (QED) is 0.848. The normalized spacial score (nSPS) is 15.0. The van der Waals surface area contributed by atoms with E-state index in [0.29, 0.717) is 5.69 Å². The van der Waals surface area contributed by atoms with Crippen molar-refractivity contribution in [1.82, 2.24) is 20.1 Å². The van der Waals surface area contributed by atoms with Crippen LogP contribution in [0.4, 0.5) is 5.69 Å². The summed E-state index contributed by atoms with van der Waals surface area (Å²) in [5.74, 6) is 1.42. The van der Waals surface area contributed by atoms with E-state index in [-0.39, 0.29) is 17.7 Å². The lowest BCUT2D eigenvalue weighted by atomic mass is 10.0. The summed E-state index contributed by atoms with van der Waals surface area (Å²) in [5.41, 5.74) is 1.61. The first kappa shape index (κ1) is 19.1. The Bertz CT molecular complexity index is 828. The number of aromatic nitrogens is 3. The second kappa shape index (κ2) is 8.33. The van der Waals surface area contributed by atoms with E-state index >= 15 is 0 Å². The molecule has 0 spiro atoms. The smallest absolute Gasteiger partial charge is 0.247 e. The summed E-state index contributed by atoms with van der Waals surface area (Å²) >= 11 is 0. The molecule has 2 heterocycles. The van der Waals surface area contributed by atoms with Crippen molar-refractivity contribution in [3.05, 3.63) is 30.1 Å². The maximum atomic E-state index is 12.6. The molecule has 1 aromatic heterocycles. The molecule has 0 radical (unpaired) electrons. The molecule has 2 aromatic rings. The summed E-state index contributed by atoms with van der Waals surface area (Å²) in [4.78, 5) is 24.0. The van der Waals surface area contributed by atoms with Gasteiger partial charge in [0.05, 0.1) is 0 Å². The zero-order chi connectivity index (χ0) is 19.4. The number of aryl methyl sites for hydroxylation is 1. The number of rotatable bonds is 5. The first-order valence-electron chi connectivity index (χ1n) is 9.56. The lowest BCUT2D eigenvalue weighted by Crippen LogP contribution is -2.46. The van der Waals surface area contributed by atoms with Crippen molar-refractivity contribution in [2.24, 2.45) is 5.92 Å². The number of carbonyl (C=O) groups is 2. The summed E-state index contributed by atoms with van der Waals surface area (Å²) < 4.78 is 2.18. The van der Waals surface area contributed by atoms with Gasteiger partial charge in [0.1, 0.15) is 11.9 Å². The van der Waals surface area contributed by atoms with Crippen molar-refractivity contribution in [1.29, 1.82) is 0 Å². The van der Waals surface area contributed by atoms with Crippen molar-refractivity contribution < 1.29 is 9.59 Å². The molecular weight excluding hydrogens is 342 g/mol. The Balaban J connectivity index is 1.81. The Morgan fingerprint density at radius 3 is 2.70 bits per heavy atom. The van der Waals surface area contributed by atoms with E-state index in [9.17, 15) is 9.59 Å². The van der Waals surface area contributed by atoms with Gasteiger partial charge in [0.2, 0.25) is 11.8 Å². The van der Waals surface area contributed by atoms with Crippen molar-refractivity contribution in [2.75, 3.05) is 5.32 Å². The third-order valence-corrected chi connectivity index (χ3v) is 4.81. The molecular formula is C20H27N5O2. The molecule has 2 amide bonds. The molecule has 0 saturated heterocycles. The summed E-state index contributed by atoms with van der Waals surface area (Å²) in [5, 5.41) is 14.3. The maximum absolute atomic E-state index is 12.6. The van der Waals surface area contributed by atoms with Crippen LogP contribution in [0, 0.1) is 5.92 Å². The monoisotopic (exact) mass is 369 g/mol. The molecule has 0 fully saturated rings. The van der Waals surface area contributed by atoms with Gasteiger partial charge in [-0.05, 0) is 30.9 Å². The van der Waals surface area contributed by atoms with Crippen LogP contribution in [-0.4, -0.2) is 32.6 Å². The zero-order valence-electron chi connectivity index (χ0n) is 16.2. The number of benzene rings is 1. The van der Waals surface area contributed by atoms with Crippen LogP contribution < -0.4 is 10.6 Å². The molecule has 1 aliphatic rings. The molecule has 144 valence electrons. The summed E-state index contributed by atoms with van der Waals surface area (Å²) in [6.45, 7) is 6.15. The van der Waals surface area contributed by atoms with Crippen LogP contribution in [0.15, 0.2) is 24.3 Å². The van der Waals surface area contributed by atoms with E-state index in [2.05, 4.69) is 25.4 Å². The van der Waals surface area contributed by atoms with Gasteiger partial charge in [-0.3, -0.25) is 9.59 Å². The van der Waals surface area contributed by atoms with Crippen LogP contribution in [0.2, 0.25) is 0 Å². The Morgan fingerprint density at radius 1 is 1.15 bits per heavy atom. The summed E-state index contributed by atoms with van der Waals surface area (Å²) in [7, 11) is 0. The van der Waals surface area contributed by atoms with Crippen LogP contribution in [0.3, 0.4) is 0 Å². The second-order valence-electron chi connectivity index (χ2n) is 7.39. The van der Waals surface area contributed by atoms with Gasteiger partial charge in [-0.1, -0.05) is 32.4 Å². The van der Waals surface area contributed by atoms with E-state index in [4.69, 9.17) is 0 Å². The number of fused-ring (bicyclic) bond motifs is 1. The van der Waals surface area contributed by atoms with E-state index in [1.54, 1.807) is 0 Å². The number of nitrogens with one attached hydrogen (secondary N) is 2. The summed E-state index contributed by atoms with van der Waals surface area (Å²) in [6.07, 6.45) is 4.43. The van der Waals surface area contributed by atoms with Gasteiger partial charge in [-0.2, -0.15) is 0 Å². The minimum atomic E-state index is -0.574. The van der Waals surface area contributed by atoms with Gasteiger partial charge in [-0.25, -0.2) is 0 Å². The molecule has 1 atom stereocenters. The lowest BCUT2D eigenvalue weighted by molar-refractivity contribution is -0.126. The third kappa shape index (κ3) is 4.53. The molecule has 0 bridgehead atoms. The molecule has 27 heavy (non-hydrogen) atoms. The number of hydrogen-bond donors (Lipinski definition) is 2. The molecule has 1 aliphatic heterocycles. The number of amides is 2. The maximum Gasteiger partial charge on any atom is 0.247 e. The van der Waals surface area contributed by atoms with Crippen LogP contribution in [-0.2, 0) is 22.6 Å². The van der Waals surface area contributed by atoms with Crippen LogP contribution in [0.5, 0.6) is 0 Å². The second-order valence-corrected chi connectivity index (χ2v) is 7.39. The predicted octanol–water partition coefficient (Wildman–Crippen LogP) is 2.77. The van der Waals surface area contributed by atoms with Gasteiger partial charge in [0, 0.05) is 31.1 Å².